The SMILES string of the molecule is CCOc1cc(COc2c(Cl)cc(/C=N/NC(=O)c3ccc(OCc4ccccc4)c(OC)c3)cc2Cl)ccc1OCc1ccccc1. The third-order valence-electron chi connectivity index (χ3n) is 6.99. The number of nitrogens with one attached hydrogen (secondary N) is 1. The lowest BCUT2D eigenvalue weighted by Crippen LogP contribution is -2.17. The highest BCUT2D eigenvalue weighted by atomic mass is 35.5. The van der Waals surface area contributed by atoms with E-state index in [0.29, 0.717) is 69.7 Å². The maximum atomic E-state index is 12.8. The highest BCUT2D eigenvalue weighted by Gasteiger charge is 2.14. The van der Waals surface area contributed by atoms with Gasteiger partial charge in [0.2, 0.25) is 0 Å². The highest BCUT2D eigenvalue weighted by Crippen LogP contribution is 2.36. The number of rotatable bonds is 15. The molecule has 5 aromatic rings. The summed E-state index contributed by atoms with van der Waals surface area (Å²) in [7, 11) is 1.52. The molecule has 0 saturated heterocycles. The number of benzene rings is 5. The van der Waals surface area contributed by atoms with E-state index < -0.39 is 5.91 Å². The fourth-order valence-corrected chi connectivity index (χ4v) is 5.22. The molecule has 10 heteroatoms. The Kier molecular flexibility index (Phi) is 12.2. The second kappa shape index (κ2) is 17.1. The predicted octanol–water partition coefficient (Wildman–Crippen LogP) is 8.90. The summed E-state index contributed by atoms with van der Waals surface area (Å²) in [6.07, 6.45) is 1.44. The van der Waals surface area contributed by atoms with Crippen LogP contribution in [-0.2, 0) is 19.8 Å². The van der Waals surface area contributed by atoms with Crippen LogP contribution in [0.4, 0.5) is 0 Å². The Morgan fingerprint density at radius 1 is 0.667 bits per heavy atom. The van der Waals surface area contributed by atoms with Gasteiger partial charge in [0, 0.05) is 5.56 Å². The van der Waals surface area contributed by atoms with Crippen molar-refractivity contribution in [2.24, 2.45) is 5.10 Å². The molecule has 8 nitrogen and oxygen atoms in total. The fraction of sp³-hybridized carbons (Fsp3) is 0.158. The highest BCUT2D eigenvalue weighted by molar-refractivity contribution is 6.37. The smallest absolute Gasteiger partial charge is 0.271 e. The van der Waals surface area contributed by atoms with Gasteiger partial charge in [-0.05, 0) is 71.6 Å². The first-order chi connectivity index (χ1) is 23.4. The molecular formula is C38H34Cl2N2O6. The molecule has 0 saturated carbocycles. The average Bonchev–Trinajstić information content (AvgIpc) is 3.11. The Balaban J connectivity index is 1.17. The summed E-state index contributed by atoms with van der Waals surface area (Å²) in [5, 5.41) is 4.65. The van der Waals surface area contributed by atoms with Gasteiger partial charge in [-0.3, -0.25) is 4.79 Å². The van der Waals surface area contributed by atoms with E-state index in [9.17, 15) is 4.79 Å². The second-order valence-corrected chi connectivity index (χ2v) is 11.2. The third-order valence-corrected chi connectivity index (χ3v) is 7.55. The minimum absolute atomic E-state index is 0.196. The standard InChI is InChI=1S/C38H34Cl2N2O6/c1-3-45-36-20-28(14-16-34(36)47-24-27-12-8-5-9-13-27)25-48-37-31(39)18-29(19-32(37)40)22-41-42-38(43)30-15-17-33(35(21-30)44-2)46-23-26-10-6-4-7-11-26/h4-22H,3,23-25H2,1-2H3,(H,42,43)/b41-22+. The summed E-state index contributed by atoms with van der Waals surface area (Å²) in [5.74, 6) is 2.10. The van der Waals surface area contributed by atoms with Crippen LogP contribution < -0.4 is 29.1 Å². The molecular weight excluding hydrogens is 651 g/mol. The lowest BCUT2D eigenvalue weighted by Gasteiger charge is -2.15. The number of methoxy groups -OCH3 is 1. The monoisotopic (exact) mass is 684 g/mol. The maximum absolute atomic E-state index is 12.8. The molecule has 0 aromatic heterocycles. The molecule has 5 aromatic carbocycles. The largest absolute Gasteiger partial charge is 0.493 e. The van der Waals surface area contributed by atoms with Crippen LogP contribution in [-0.4, -0.2) is 25.8 Å². The van der Waals surface area contributed by atoms with Crippen molar-refractivity contribution in [2.45, 2.75) is 26.7 Å². The van der Waals surface area contributed by atoms with Gasteiger partial charge < -0.3 is 23.7 Å². The van der Waals surface area contributed by atoms with Crippen molar-refractivity contribution < 1.29 is 28.5 Å². The first-order valence-electron chi connectivity index (χ1n) is 15.2. The Labute approximate surface area is 289 Å². The van der Waals surface area contributed by atoms with Gasteiger partial charge in [-0.1, -0.05) is 89.9 Å². The van der Waals surface area contributed by atoms with E-state index in [4.69, 9.17) is 46.9 Å². The summed E-state index contributed by atoms with van der Waals surface area (Å²) in [6.45, 7) is 3.39. The minimum atomic E-state index is -0.431. The van der Waals surface area contributed by atoms with Crippen LogP contribution in [0.25, 0.3) is 0 Å². The lowest BCUT2D eigenvalue weighted by atomic mass is 10.2. The van der Waals surface area contributed by atoms with Crippen LogP contribution in [0.3, 0.4) is 0 Å². The van der Waals surface area contributed by atoms with Gasteiger partial charge in [-0.15, -0.1) is 0 Å². The topological polar surface area (TPSA) is 87.6 Å². The third kappa shape index (κ3) is 9.44. The summed E-state index contributed by atoms with van der Waals surface area (Å²) < 4.78 is 29.1. The van der Waals surface area contributed by atoms with Crippen LogP contribution in [0.15, 0.2) is 114 Å². The minimum Gasteiger partial charge on any atom is -0.493 e. The molecule has 0 atom stereocenters. The van der Waals surface area contributed by atoms with Gasteiger partial charge in [-0.25, -0.2) is 5.43 Å². The van der Waals surface area contributed by atoms with Crippen molar-refractivity contribution in [3.8, 4) is 28.7 Å². The number of hydrazone groups is 1. The zero-order chi connectivity index (χ0) is 33.7. The Morgan fingerprint density at radius 2 is 1.25 bits per heavy atom. The number of hydrogen-bond acceptors (Lipinski definition) is 7. The summed E-state index contributed by atoms with van der Waals surface area (Å²) in [5.41, 5.74) is 6.34. The van der Waals surface area contributed by atoms with Gasteiger partial charge in [0.05, 0.1) is 30.0 Å². The fourth-order valence-electron chi connectivity index (χ4n) is 4.61. The van der Waals surface area contributed by atoms with Crippen molar-refractivity contribution in [3.63, 3.8) is 0 Å². The molecule has 1 N–H and O–H groups in total. The van der Waals surface area contributed by atoms with Crippen LogP contribution in [0.1, 0.15) is 39.5 Å². The van der Waals surface area contributed by atoms with Crippen molar-refractivity contribution in [1.82, 2.24) is 5.43 Å². The first-order valence-corrected chi connectivity index (χ1v) is 15.9. The van der Waals surface area contributed by atoms with Crippen LogP contribution in [0, 0.1) is 0 Å². The number of carbonyl (C=O) groups is 1. The molecule has 0 heterocycles. The Bertz CT molecular complexity index is 1830. The van der Waals surface area contributed by atoms with Crippen LogP contribution in [0.2, 0.25) is 10.0 Å². The molecule has 0 fully saturated rings. The Hall–Kier alpha value is -5.18. The number of hydrogen-bond donors (Lipinski definition) is 1. The Morgan fingerprint density at radius 3 is 1.85 bits per heavy atom. The molecule has 5 rings (SSSR count). The van der Waals surface area contributed by atoms with E-state index in [0.717, 1.165) is 16.7 Å². The summed E-state index contributed by atoms with van der Waals surface area (Å²) in [4.78, 5) is 12.8. The van der Waals surface area contributed by atoms with Gasteiger partial charge in [0.25, 0.3) is 5.91 Å². The lowest BCUT2D eigenvalue weighted by molar-refractivity contribution is 0.0954. The first kappa shape index (κ1) is 34.2. The van der Waals surface area contributed by atoms with E-state index >= 15 is 0 Å². The number of carbonyl (C=O) groups excluding carboxylic acids is 1. The molecule has 0 aliphatic heterocycles. The molecule has 0 unspecified atom stereocenters. The van der Waals surface area contributed by atoms with E-state index in [1.165, 1.54) is 13.3 Å². The van der Waals surface area contributed by atoms with E-state index in [2.05, 4.69) is 10.5 Å². The van der Waals surface area contributed by atoms with Crippen LogP contribution in [0.5, 0.6) is 28.7 Å². The van der Waals surface area contributed by atoms with Crippen molar-refractivity contribution >= 4 is 35.3 Å². The van der Waals surface area contributed by atoms with Crippen LogP contribution >= 0.6 is 23.2 Å². The van der Waals surface area contributed by atoms with Gasteiger partial charge >= 0.3 is 0 Å². The number of nitrogens with zero attached hydrogens (tertiary/aromatic N) is 1. The zero-order valence-corrected chi connectivity index (χ0v) is 28.0. The van der Waals surface area contributed by atoms with Gasteiger partial charge in [-0.2, -0.15) is 5.10 Å². The molecule has 246 valence electrons. The van der Waals surface area contributed by atoms with E-state index in [1.807, 2.05) is 85.8 Å². The second-order valence-electron chi connectivity index (χ2n) is 10.4. The number of amides is 1. The average molecular weight is 686 g/mol. The van der Waals surface area contributed by atoms with Crippen molar-refractivity contribution in [3.05, 3.63) is 147 Å². The number of halogens is 2. The molecule has 48 heavy (non-hydrogen) atoms. The summed E-state index contributed by atoms with van der Waals surface area (Å²) >= 11 is 13.1. The number of ether oxygens (including phenoxy) is 5. The maximum Gasteiger partial charge on any atom is 0.271 e. The predicted molar refractivity (Wildman–Crippen MR) is 188 cm³/mol. The quantitative estimate of drug-likeness (QED) is 0.0875. The molecule has 0 spiro atoms. The molecule has 1 amide bonds. The normalized spacial score (nSPS) is 10.8. The molecule has 0 bridgehead atoms. The van der Waals surface area contributed by atoms with E-state index in [-0.39, 0.29) is 6.61 Å². The zero-order valence-electron chi connectivity index (χ0n) is 26.5. The van der Waals surface area contributed by atoms with Gasteiger partial charge in [0.1, 0.15) is 19.8 Å². The molecule has 0 aliphatic rings. The summed E-state index contributed by atoms with van der Waals surface area (Å²) in [6, 6.07) is 33.5. The van der Waals surface area contributed by atoms with Crippen molar-refractivity contribution in [2.75, 3.05) is 13.7 Å². The molecule has 0 radical (unpaired) electrons. The van der Waals surface area contributed by atoms with Crippen molar-refractivity contribution in [1.29, 1.82) is 0 Å². The van der Waals surface area contributed by atoms with E-state index in [1.54, 1.807) is 30.3 Å². The van der Waals surface area contributed by atoms with Gasteiger partial charge in [0.15, 0.2) is 28.7 Å². The molecule has 0 aliphatic carbocycles.